The molecule has 2 aromatic carbocycles. The van der Waals surface area contributed by atoms with Gasteiger partial charge in [0, 0.05) is 43.8 Å². The van der Waals surface area contributed by atoms with Crippen molar-refractivity contribution in [3.05, 3.63) is 72.8 Å². The van der Waals surface area contributed by atoms with Crippen LogP contribution in [0, 0.1) is 27.8 Å². The van der Waals surface area contributed by atoms with E-state index in [-0.39, 0.29) is 21.7 Å². The van der Waals surface area contributed by atoms with Crippen LogP contribution in [0.5, 0.6) is 0 Å². The quantitative estimate of drug-likeness (QED) is 0.271. The summed E-state index contributed by atoms with van der Waals surface area (Å²) in [6, 6.07) is 5.38. The number of nitro benzene ring substituents is 1. The zero-order chi connectivity index (χ0) is 25.1. The van der Waals surface area contributed by atoms with Gasteiger partial charge >= 0.3 is 6.18 Å². The number of alkyl halides is 3. The number of fused-ring (bicyclic) bond motifs is 2. The Hall–Kier alpha value is -2.83. The highest BCUT2D eigenvalue weighted by molar-refractivity contribution is 7.22. The summed E-state index contributed by atoms with van der Waals surface area (Å²) in [5.41, 5.74) is -2.12. The molecule has 184 valence electrons. The largest absolute Gasteiger partial charge is 0.416 e. The summed E-state index contributed by atoms with van der Waals surface area (Å²) in [4.78, 5) is 31.2. The number of nitro groups is 1. The van der Waals surface area contributed by atoms with Gasteiger partial charge in [-0.15, -0.1) is 0 Å². The number of anilines is 1. The van der Waals surface area contributed by atoms with Crippen LogP contribution in [0.2, 0.25) is 5.02 Å². The molecule has 2 aliphatic heterocycles. The fourth-order valence-electron chi connectivity index (χ4n) is 4.84. The normalized spacial score (nSPS) is 20.5. The van der Waals surface area contributed by atoms with Gasteiger partial charge in [-0.2, -0.15) is 18.2 Å². The fourth-order valence-corrected chi connectivity index (χ4v) is 6.15. The lowest BCUT2D eigenvalue weighted by atomic mass is 10.0. The third-order valence-electron chi connectivity index (χ3n) is 6.46. The van der Waals surface area contributed by atoms with Gasteiger partial charge in [-0.3, -0.25) is 19.8 Å². The minimum absolute atomic E-state index is 0.123. The van der Waals surface area contributed by atoms with Crippen LogP contribution >= 0.6 is 22.9 Å². The van der Waals surface area contributed by atoms with E-state index in [1.807, 2.05) is 4.90 Å². The van der Waals surface area contributed by atoms with Gasteiger partial charge in [0.25, 0.3) is 11.2 Å². The highest BCUT2D eigenvalue weighted by Crippen LogP contribution is 2.40. The van der Waals surface area contributed by atoms with Crippen molar-refractivity contribution < 1.29 is 22.5 Å². The Labute approximate surface area is 204 Å². The van der Waals surface area contributed by atoms with Gasteiger partial charge in [-0.25, -0.2) is 4.39 Å². The van der Waals surface area contributed by atoms with Crippen LogP contribution in [0.3, 0.4) is 0 Å². The molecule has 0 N–H and O–H groups in total. The van der Waals surface area contributed by atoms with E-state index in [0.717, 1.165) is 30.0 Å². The van der Waals surface area contributed by atoms with Crippen molar-refractivity contribution >= 4 is 43.8 Å². The highest BCUT2D eigenvalue weighted by atomic mass is 35.5. The summed E-state index contributed by atoms with van der Waals surface area (Å²) in [6.45, 7) is 3.17. The molecule has 0 saturated carbocycles. The fraction of sp³-hybridized carbons (Fsp3) is 0.364. The first-order valence-electron chi connectivity index (χ1n) is 10.6. The zero-order valence-corrected chi connectivity index (χ0v) is 19.5. The van der Waals surface area contributed by atoms with E-state index in [4.69, 9.17) is 11.6 Å². The number of hydrogen-bond donors (Lipinski definition) is 0. The van der Waals surface area contributed by atoms with E-state index in [0.29, 0.717) is 36.8 Å². The standard InChI is InChI=1S/C22H17ClF4N4O3S/c23-17-5-15(24)2-1-11(17)6-29-7-12-9-30(10-13(12)8-29)21-28-20(32)16-3-14(22(25,26)27)4-18(31(33)34)19(16)35-21/h1-5,12-13H,6-10H2. The van der Waals surface area contributed by atoms with E-state index in [2.05, 4.69) is 9.88 Å². The number of nitrogens with zero attached hydrogens (tertiary/aromatic N) is 4. The minimum Gasteiger partial charge on any atom is -0.347 e. The van der Waals surface area contributed by atoms with E-state index >= 15 is 0 Å². The van der Waals surface area contributed by atoms with Gasteiger partial charge in [0.15, 0.2) is 5.13 Å². The molecule has 3 heterocycles. The van der Waals surface area contributed by atoms with Crippen molar-refractivity contribution in [3.63, 3.8) is 0 Å². The summed E-state index contributed by atoms with van der Waals surface area (Å²) >= 11 is 7.00. The van der Waals surface area contributed by atoms with Crippen molar-refractivity contribution in [2.75, 3.05) is 31.1 Å². The van der Waals surface area contributed by atoms with E-state index < -0.39 is 39.1 Å². The Balaban J connectivity index is 1.37. The Bertz CT molecular complexity index is 1390. The average molecular weight is 529 g/mol. The van der Waals surface area contributed by atoms with E-state index in [1.165, 1.54) is 12.1 Å². The molecule has 2 atom stereocenters. The predicted octanol–water partition coefficient (Wildman–Crippen LogP) is 4.94. The summed E-state index contributed by atoms with van der Waals surface area (Å²) < 4.78 is 52.7. The molecule has 2 fully saturated rings. The maximum absolute atomic E-state index is 13.3. The predicted molar refractivity (Wildman–Crippen MR) is 123 cm³/mol. The SMILES string of the molecule is O=c1nc(N2CC3CN(Cc4ccc(F)cc4Cl)CC3C2)sc2c([N+](=O)[O-])cc(C(F)(F)F)cc12. The number of benzene rings is 2. The lowest BCUT2D eigenvalue weighted by Crippen LogP contribution is -2.29. The third kappa shape index (κ3) is 4.57. The molecule has 7 nitrogen and oxygen atoms in total. The summed E-state index contributed by atoms with van der Waals surface area (Å²) in [5, 5.41) is 11.7. The Kier molecular flexibility index (Phi) is 5.93. The van der Waals surface area contributed by atoms with Crippen LogP contribution in [-0.2, 0) is 12.7 Å². The second kappa shape index (κ2) is 8.68. The molecule has 2 aliphatic rings. The van der Waals surface area contributed by atoms with E-state index in [1.54, 1.807) is 6.07 Å². The molecule has 0 spiro atoms. The number of halogens is 5. The van der Waals surface area contributed by atoms with Gasteiger partial charge in [0.1, 0.15) is 10.5 Å². The van der Waals surface area contributed by atoms with Crippen molar-refractivity contribution in [1.29, 1.82) is 0 Å². The van der Waals surface area contributed by atoms with Gasteiger partial charge < -0.3 is 4.90 Å². The van der Waals surface area contributed by atoms with Gasteiger partial charge in [0.2, 0.25) is 0 Å². The molecular weight excluding hydrogens is 512 g/mol. The number of aromatic nitrogens is 1. The van der Waals surface area contributed by atoms with Gasteiger partial charge in [-0.1, -0.05) is 29.0 Å². The second-order valence-electron chi connectivity index (χ2n) is 8.78. The molecule has 2 saturated heterocycles. The number of non-ortho nitro benzene ring substituents is 1. The molecule has 0 radical (unpaired) electrons. The molecule has 0 bridgehead atoms. The number of likely N-dealkylation sites (tertiary alicyclic amines) is 1. The average Bonchev–Trinajstić information content (AvgIpc) is 3.33. The molecule has 1 aromatic heterocycles. The van der Waals surface area contributed by atoms with Crippen LogP contribution in [0.15, 0.2) is 35.1 Å². The van der Waals surface area contributed by atoms with Crippen molar-refractivity contribution in [2.45, 2.75) is 12.7 Å². The van der Waals surface area contributed by atoms with Crippen LogP contribution in [0.25, 0.3) is 10.1 Å². The Morgan fingerprint density at radius 3 is 2.43 bits per heavy atom. The zero-order valence-electron chi connectivity index (χ0n) is 17.9. The number of rotatable bonds is 4. The molecule has 3 aromatic rings. The molecule has 2 unspecified atom stereocenters. The Morgan fingerprint density at radius 1 is 1.14 bits per heavy atom. The Morgan fingerprint density at radius 2 is 1.83 bits per heavy atom. The van der Waals surface area contributed by atoms with Crippen molar-refractivity contribution in [3.8, 4) is 0 Å². The highest BCUT2D eigenvalue weighted by Gasteiger charge is 2.41. The molecular formula is C22H17ClF4N4O3S. The first-order valence-corrected chi connectivity index (χ1v) is 11.8. The van der Waals surface area contributed by atoms with Crippen LogP contribution < -0.4 is 10.5 Å². The monoisotopic (exact) mass is 528 g/mol. The van der Waals surface area contributed by atoms with Crippen molar-refractivity contribution in [2.24, 2.45) is 11.8 Å². The molecule has 0 aliphatic carbocycles. The lowest BCUT2D eigenvalue weighted by Gasteiger charge is -2.22. The van der Waals surface area contributed by atoms with Gasteiger partial charge in [-0.05, 0) is 35.6 Å². The third-order valence-corrected chi connectivity index (χ3v) is 7.97. The topological polar surface area (TPSA) is 79.6 Å². The maximum atomic E-state index is 13.3. The number of hydrogen-bond acceptors (Lipinski definition) is 7. The minimum atomic E-state index is -4.83. The summed E-state index contributed by atoms with van der Waals surface area (Å²) in [6.07, 6.45) is -4.83. The first-order chi connectivity index (χ1) is 16.5. The van der Waals surface area contributed by atoms with E-state index in [9.17, 15) is 32.5 Å². The second-order valence-corrected chi connectivity index (χ2v) is 10.2. The summed E-state index contributed by atoms with van der Waals surface area (Å²) in [7, 11) is 0. The molecule has 35 heavy (non-hydrogen) atoms. The first kappa shape index (κ1) is 23.9. The molecule has 13 heteroatoms. The van der Waals surface area contributed by atoms with Crippen LogP contribution in [0.1, 0.15) is 11.1 Å². The van der Waals surface area contributed by atoms with Crippen molar-refractivity contribution in [1.82, 2.24) is 9.88 Å². The molecule has 5 rings (SSSR count). The van der Waals surface area contributed by atoms with Crippen LogP contribution in [0.4, 0.5) is 28.4 Å². The smallest absolute Gasteiger partial charge is 0.347 e. The summed E-state index contributed by atoms with van der Waals surface area (Å²) in [5.74, 6) is 0.0951. The molecule has 0 amide bonds. The van der Waals surface area contributed by atoms with Crippen LogP contribution in [-0.4, -0.2) is 41.0 Å². The van der Waals surface area contributed by atoms with Gasteiger partial charge in [0.05, 0.1) is 15.9 Å². The maximum Gasteiger partial charge on any atom is 0.416 e. The lowest BCUT2D eigenvalue weighted by molar-refractivity contribution is -0.383.